The summed E-state index contributed by atoms with van der Waals surface area (Å²) in [6.45, 7) is 7.73. The van der Waals surface area contributed by atoms with Crippen molar-refractivity contribution >= 4 is 17.4 Å². The van der Waals surface area contributed by atoms with Gasteiger partial charge in [-0.25, -0.2) is 4.98 Å². The first-order valence-corrected chi connectivity index (χ1v) is 9.79. The minimum Gasteiger partial charge on any atom is -0.348 e. The molecule has 4 rings (SSSR count). The van der Waals surface area contributed by atoms with Crippen LogP contribution in [0.4, 0.5) is 0 Å². The number of aromatic amines is 1. The molecule has 2 aliphatic heterocycles. The molecule has 0 aliphatic carbocycles. The molecule has 0 saturated carbocycles. The standard InChI is InChI=1S/C17H24N6OS/c1-3-7-23-8-4-13-15(19-11-18-13)17(23)5-9-22(10-6-17)16(24)14-12(2)20-21-25-14/h11H,3-10H2,1-2H3,(H,18,19). The van der Waals surface area contributed by atoms with Gasteiger partial charge in [0.05, 0.1) is 23.3 Å². The van der Waals surface area contributed by atoms with Crippen molar-refractivity contribution in [2.75, 3.05) is 26.2 Å². The van der Waals surface area contributed by atoms with E-state index in [0.29, 0.717) is 4.88 Å². The Labute approximate surface area is 151 Å². The number of hydrogen-bond donors (Lipinski definition) is 1. The van der Waals surface area contributed by atoms with Gasteiger partial charge in [-0.3, -0.25) is 9.69 Å². The van der Waals surface area contributed by atoms with Crippen LogP contribution in [-0.2, 0) is 12.0 Å². The molecule has 0 atom stereocenters. The van der Waals surface area contributed by atoms with E-state index in [1.807, 2.05) is 18.2 Å². The second kappa shape index (κ2) is 6.49. The SMILES string of the molecule is CCCN1CCc2[nH]cnc2C12CCN(C(=O)c1snnc1C)CC2. The zero-order valence-corrected chi connectivity index (χ0v) is 15.6. The quantitative estimate of drug-likeness (QED) is 0.905. The first kappa shape index (κ1) is 16.7. The minimum absolute atomic E-state index is 0.0264. The number of H-pyrrole nitrogens is 1. The summed E-state index contributed by atoms with van der Waals surface area (Å²) in [4.78, 5) is 26.0. The van der Waals surface area contributed by atoms with Crippen LogP contribution in [0, 0.1) is 6.92 Å². The van der Waals surface area contributed by atoms with Gasteiger partial charge in [0.2, 0.25) is 0 Å². The van der Waals surface area contributed by atoms with E-state index in [1.165, 1.54) is 22.9 Å². The van der Waals surface area contributed by atoms with E-state index in [2.05, 4.69) is 31.4 Å². The van der Waals surface area contributed by atoms with Crippen LogP contribution in [0.25, 0.3) is 0 Å². The number of aryl methyl sites for hydroxylation is 1. The predicted molar refractivity (Wildman–Crippen MR) is 95.6 cm³/mol. The van der Waals surface area contributed by atoms with Crippen LogP contribution in [-0.4, -0.2) is 61.4 Å². The van der Waals surface area contributed by atoms with Crippen molar-refractivity contribution < 1.29 is 4.79 Å². The van der Waals surface area contributed by atoms with Crippen molar-refractivity contribution in [1.29, 1.82) is 0 Å². The van der Waals surface area contributed by atoms with Gasteiger partial charge < -0.3 is 9.88 Å². The summed E-state index contributed by atoms with van der Waals surface area (Å²) >= 11 is 1.20. The van der Waals surface area contributed by atoms with E-state index < -0.39 is 0 Å². The van der Waals surface area contributed by atoms with Crippen LogP contribution in [0.3, 0.4) is 0 Å². The number of nitrogens with zero attached hydrogens (tertiary/aromatic N) is 5. The topological polar surface area (TPSA) is 78.0 Å². The highest BCUT2D eigenvalue weighted by Gasteiger charge is 2.47. The molecule has 1 spiro atoms. The highest BCUT2D eigenvalue weighted by atomic mass is 32.1. The fourth-order valence-electron chi connectivity index (χ4n) is 4.32. The monoisotopic (exact) mass is 360 g/mol. The average Bonchev–Trinajstić information content (AvgIpc) is 3.27. The molecular formula is C17H24N6OS. The van der Waals surface area contributed by atoms with Gasteiger partial charge in [0.1, 0.15) is 4.88 Å². The number of piperidine rings is 1. The van der Waals surface area contributed by atoms with Crippen LogP contribution in [0.15, 0.2) is 6.33 Å². The Bertz CT molecular complexity index is 761. The Balaban J connectivity index is 1.57. The third kappa shape index (κ3) is 2.67. The third-order valence-corrected chi connectivity index (χ3v) is 6.43. The number of amides is 1. The first-order valence-electron chi connectivity index (χ1n) is 9.01. The first-order chi connectivity index (χ1) is 12.2. The highest BCUT2D eigenvalue weighted by Crippen LogP contribution is 2.42. The summed E-state index contributed by atoms with van der Waals surface area (Å²) in [5, 5.41) is 3.97. The molecule has 7 nitrogen and oxygen atoms in total. The number of nitrogens with one attached hydrogen (secondary N) is 1. The fraction of sp³-hybridized carbons (Fsp3) is 0.647. The van der Waals surface area contributed by atoms with Crippen LogP contribution in [0.1, 0.15) is 52.9 Å². The molecule has 8 heteroatoms. The molecule has 1 fully saturated rings. The van der Waals surface area contributed by atoms with Crippen molar-refractivity contribution in [2.24, 2.45) is 0 Å². The summed E-state index contributed by atoms with van der Waals surface area (Å²) in [6, 6.07) is 0. The molecule has 1 amide bonds. The lowest BCUT2D eigenvalue weighted by molar-refractivity contribution is 0.00721. The molecule has 4 heterocycles. The lowest BCUT2D eigenvalue weighted by Gasteiger charge is -2.50. The zero-order valence-electron chi connectivity index (χ0n) is 14.8. The average molecular weight is 360 g/mol. The third-order valence-electron chi connectivity index (χ3n) is 5.61. The zero-order chi connectivity index (χ0) is 17.4. The van der Waals surface area contributed by atoms with Crippen LogP contribution < -0.4 is 0 Å². The normalized spacial score (nSPS) is 20.0. The molecule has 1 N–H and O–H groups in total. The molecule has 134 valence electrons. The molecular weight excluding hydrogens is 336 g/mol. The molecule has 2 aromatic heterocycles. The lowest BCUT2D eigenvalue weighted by Crippen LogP contribution is -2.57. The van der Waals surface area contributed by atoms with Gasteiger partial charge in [-0.1, -0.05) is 11.4 Å². The Hall–Kier alpha value is -1.80. The van der Waals surface area contributed by atoms with E-state index >= 15 is 0 Å². The van der Waals surface area contributed by atoms with Gasteiger partial charge in [-0.15, -0.1) is 5.10 Å². The largest absolute Gasteiger partial charge is 0.348 e. The number of rotatable bonds is 3. The summed E-state index contributed by atoms with van der Waals surface area (Å²) in [5.41, 5.74) is 3.18. The van der Waals surface area contributed by atoms with Gasteiger partial charge in [-0.2, -0.15) is 0 Å². The number of carbonyl (C=O) groups is 1. The van der Waals surface area contributed by atoms with Crippen LogP contribution >= 0.6 is 11.5 Å². The Morgan fingerprint density at radius 2 is 2.16 bits per heavy atom. The second-order valence-electron chi connectivity index (χ2n) is 6.98. The Morgan fingerprint density at radius 3 is 2.84 bits per heavy atom. The van der Waals surface area contributed by atoms with Gasteiger partial charge >= 0.3 is 0 Å². The Kier molecular flexibility index (Phi) is 4.33. The van der Waals surface area contributed by atoms with Gasteiger partial charge in [0, 0.05) is 31.7 Å². The van der Waals surface area contributed by atoms with E-state index in [-0.39, 0.29) is 11.4 Å². The maximum atomic E-state index is 12.8. The summed E-state index contributed by atoms with van der Waals surface area (Å²) in [5.74, 6) is 0.0717. The van der Waals surface area contributed by atoms with Crippen molar-refractivity contribution in [3.63, 3.8) is 0 Å². The minimum atomic E-state index is -0.0264. The van der Waals surface area contributed by atoms with Crippen molar-refractivity contribution in [2.45, 2.75) is 45.1 Å². The van der Waals surface area contributed by atoms with E-state index in [0.717, 1.165) is 57.6 Å². The van der Waals surface area contributed by atoms with Crippen LogP contribution in [0.2, 0.25) is 0 Å². The van der Waals surface area contributed by atoms with Gasteiger partial charge in [-0.05, 0) is 44.3 Å². The van der Waals surface area contributed by atoms with E-state index in [1.54, 1.807) is 0 Å². The maximum Gasteiger partial charge on any atom is 0.267 e. The molecule has 0 aromatic carbocycles. The smallest absolute Gasteiger partial charge is 0.267 e. The van der Waals surface area contributed by atoms with Crippen molar-refractivity contribution in [3.8, 4) is 0 Å². The summed E-state index contributed by atoms with van der Waals surface area (Å²) in [7, 11) is 0. The molecule has 2 aromatic rings. The number of aromatic nitrogens is 4. The molecule has 25 heavy (non-hydrogen) atoms. The predicted octanol–water partition coefficient (Wildman–Crippen LogP) is 1.97. The molecule has 0 bridgehead atoms. The highest BCUT2D eigenvalue weighted by molar-refractivity contribution is 7.07. The van der Waals surface area contributed by atoms with Crippen LogP contribution in [0.5, 0.6) is 0 Å². The fourth-order valence-corrected chi connectivity index (χ4v) is 4.95. The Morgan fingerprint density at radius 1 is 1.36 bits per heavy atom. The number of imidazole rings is 1. The summed E-state index contributed by atoms with van der Waals surface area (Å²) in [6.07, 6.45) is 5.86. The number of hydrogen-bond acceptors (Lipinski definition) is 6. The molecule has 1 saturated heterocycles. The maximum absolute atomic E-state index is 12.8. The van der Waals surface area contributed by atoms with Crippen molar-refractivity contribution in [3.05, 3.63) is 28.3 Å². The summed E-state index contributed by atoms with van der Waals surface area (Å²) < 4.78 is 3.90. The van der Waals surface area contributed by atoms with E-state index in [9.17, 15) is 4.79 Å². The molecule has 0 unspecified atom stereocenters. The second-order valence-corrected chi connectivity index (χ2v) is 7.73. The number of likely N-dealkylation sites (tertiary alicyclic amines) is 1. The van der Waals surface area contributed by atoms with Crippen molar-refractivity contribution in [1.82, 2.24) is 29.4 Å². The number of carbonyl (C=O) groups excluding carboxylic acids is 1. The van der Waals surface area contributed by atoms with Gasteiger partial charge in [0.25, 0.3) is 5.91 Å². The molecule has 2 aliphatic rings. The van der Waals surface area contributed by atoms with Gasteiger partial charge in [0.15, 0.2) is 0 Å². The number of fused-ring (bicyclic) bond motifs is 2. The lowest BCUT2D eigenvalue weighted by atomic mass is 9.78. The molecule has 0 radical (unpaired) electrons. The van der Waals surface area contributed by atoms with E-state index in [4.69, 9.17) is 0 Å².